The molecule has 0 amide bonds. The SMILES string of the molecule is Nc1ccc2nn(Cc3ccccn3)cc2c1. The fourth-order valence-electron chi connectivity index (χ4n) is 1.83. The van der Waals surface area contributed by atoms with E-state index in [0.717, 1.165) is 22.3 Å². The van der Waals surface area contributed by atoms with Gasteiger partial charge in [0.15, 0.2) is 0 Å². The van der Waals surface area contributed by atoms with Crippen molar-refractivity contribution < 1.29 is 0 Å². The van der Waals surface area contributed by atoms with E-state index in [9.17, 15) is 0 Å². The second kappa shape index (κ2) is 3.90. The van der Waals surface area contributed by atoms with Gasteiger partial charge >= 0.3 is 0 Å². The summed E-state index contributed by atoms with van der Waals surface area (Å²) in [6.45, 7) is 0.676. The third-order valence-electron chi connectivity index (χ3n) is 2.63. The van der Waals surface area contributed by atoms with Gasteiger partial charge in [-0.05, 0) is 30.3 Å². The summed E-state index contributed by atoms with van der Waals surface area (Å²) in [6.07, 6.45) is 3.77. The van der Waals surface area contributed by atoms with Gasteiger partial charge < -0.3 is 5.73 Å². The molecule has 0 atom stereocenters. The summed E-state index contributed by atoms with van der Waals surface area (Å²) < 4.78 is 1.88. The first-order chi connectivity index (χ1) is 8.31. The summed E-state index contributed by atoms with van der Waals surface area (Å²) in [5.74, 6) is 0. The van der Waals surface area contributed by atoms with Crippen LogP contribution in [0.1, 0.15) is 5.69 Å². The van der Waals surface area contributed by atoms with Crippen LogP contribution in [0, 0.1) is 0 Å². The van der Waals surface area contributed by atoms with Gasteiger partial charge in [-0.1, -0.05) is 6.07 Å². The van der Waals surface area contributed by atoms with Crippen LogP contribution in [0.3, 0.4) is 0 Å². The highest BCUT2D eigenvalue weighted by Crippen LogP contribution is 2.16. The number of rotatable bonds is 2. The van der Waals surface area contributed by atoms with Crippen LogP contribution in [0.25, 0.3) is 10.9 Å². The topological polar surface area (TPSA) is 56.7 Å². The van der Waals surface area contributed by atoms with Gasteiger partial charge in [0.05, 0.1) is 17.8 Å². The maximum absolute atomic E-state index is 5.74. The van der Waals surface area contributed by atoms with E-state index in [0.29, 0.717) is 6.54 Å². The predicted molar refractivity (Wildman–Crippen MR) is 67.5 cm³/mol. The van der Waals surface area contributed by atoms with E-state index >= 15 is 0 Å². The van der Waals surface area contributed by atoms with Gasteiger partial charge in [-0.3, -0.25) is 9.67 Å². The maximum Gasteiger partial charge on any atom is 0.0924 e. The average Bonchev–Trinajstić information content (AvgIpc) is 2.71. The summed E-state index contributed by atoms with van der Waals surface area (Å²) in [4.78, 5) is 4.28. The Bertz CT molecular complexity index is 643. The normalized spacial score (nSPS) is 10.8. The third-order valence-corrected chi connectivity index (χ3v) is 2.63. The summed E-state index contributed by atoms with van der Waals surface area (Å²) in [7, 11) is 0. The molecule has 4 nitrogen and oxygen atoms in total. The van der Waals surface area contributed by atoms with E-state index in [1.807, 2.05) is 47.3 Å². The quantitative estimate of drug-likeness (QED) is 0.678. The largest absolute Gasteiger partial charge is 0.399 e. The number of hydrogen-bond donors (Lipinski definition) is 1. The molecule has 0 bridgehead atoms. The van der Waals surface area contributed by atoms with Gasteiger partial charge in [-0.15, -0.1) is 0 Å². The average molecular weight is 224 g/mol. The van der Waals surface area contributed by atoms with Crippen LogP contribution in [0.2, 0.25) is 0 Å². The molecule has 0 unspecified atom stereocenters. The predicted octanol–water partition coefficient (Wildman–Crippen LogP) is 2.06. The van der Waals surface area contributed by atoms with Crippen molar-refractivity contribution >= 4 is 16.6 Å². The Hall–Kier alpha value is -2.36. The molecule has 0 spiro atoms. The van der Waals surface area contributed by atoms with Crippen LogP contribution in [-0.4, -0.2) is 14.8 Å². The zero-order valence-corrected chi connectivity index (χ0v) is 9.24. The van der Waals surface area contributed by atoms with Gasteiger partial charge in [0, 0.05) is 23.5 Å². The molecule has 17 heavy (non-hydrogen) atoms. The molecule has 0 fully saturated rings. The Morgan fingerprint density at radius 3 is 2.94 bits per heavy atom. The lowest BCUT2D eigenvalue weighted by Crippen LogP contribution is -2.01. The van der Waals surface area contributed by atoms with Crippen LogP contribution in [0.5, 0.6) is 0 Å². The van der Waals surface area contributed by atoms with Crippen LogP contribution < -0.4 is 5.73 Å². The van der Waals surface area contributed by atoms with E-state index in [1.54, 1.807) is 6.20 Å². The monoisotopic (exact) mass is 224 g/mol. The summed E-state index contributed by atoms with van der Waals surface area (Å²) in [5, 5.41) is 5.53. The molecule has 2 heterocycles. The number of nitrogen functional groups attached to an aromatic ring is 1. The molecule has 0 radical (unpaired) electrons. The molecule has 0 saturated carbocycles. The van der Waals surface area contributed by atoms with Crippen molar-refractivity contribution in [3.63, 3.8) is 0 Å². The lowest BCUT2D eigenvalue weighted by Gasteiger charge is -1.99. The minimum absolute atomic E-state index is 0.676. The maximum atomic E-state index is 5.74. The molecule has 0 aliphatic rings. The molecule has 3 aromatic rings. The van der Waals surface area contributed by atoms with Gasteiger partial charge in [-0.2, -0.15) is 5.10 Å². The minimum Gasteiger partial charge on any atom is -0.399 e. The standard InChI is InChI=1S/C13H12N4/c14-11-4-5-13-10(7-11)8-17(16-13)9-12-3-1-2-6-15-12/h1-8H,9,14H2. The van der Waals surface area contributed by atoms with Crippen molar-refractivity contribution in [1.29, 1.82) is 0 Å². The zero-order valence-electron chi connectivity index (χ0n) is 9.24. The number of hydrogen-bond acceptors (Lipinski definition) is 3. The molecular formula is C13H12N4. The summed E-state index contributed by atoms with van der Waals surface area (Å²) >= 11 is 0. The third kappa shape index (κ3) is 1.97. The lowest BCUT2D eigenvalue weighted by atomic mass is 10.2. The second-order valence-electron chi connectivity index (χ2n) is 3.97. The number of fused-ring (bicyclic) bond motifs is 1. The van der Waals surface area contributed by atoms with Crippen molar-refractivity contribution in [2.45, 2.75) is 6.54 Å². The molecule has 84 valence electrons. The molecule has 4 heteroatoms. The Labute approximate surface area is 98.7 Å². The van der Waals surface area contributed by atoms with Gasteiger partial charge in [-0.25, -0.2) is 0 Å². The van der Waals surface area contributed by atoms with Crippen LogP contribution >= 0.6 is 0 Å². The number of pyridine rings is 1. The number of aromatic nitrogens is 3. The second-order valence-corrected chi connectivity index (χ2v) is 3.97. The first-order valence-electron chi connectivity index (χ1n) is 5.44. The highest BCUT2D eigenvalue weighted by Gasteiger charge is 2.02. The van der Waals surface area contributed by atoms with Gasteiger partial charge in [0.1, 0.15) is 0 Å². The molecule has 0 saturated heterocycles. The van der Waals surface area contributed by atoms with E-state index < -0.39 is 0 Å². The lowest BCUT2D eigenvalue weighted by molar-refractivity contribution is 0.681. The molecule has 0 aliphatic heterocycles. The molecule has 2 N–H and O–H groups in total. The minimum atomic E-state index is 0.676. The number of benzene rings is 1. The zero-order chi connectivity index (χ0) is 11.7. The van der Waals surface area contributed by atoms with Gasteiger partial charge in [0.25, 0.3) is 0 Å². The summed E-state index contributed by atoms with van der Waals surface area (Å²) in [6, 6.07) is 11.6. The van der Waals surface area contributed by atoms with E-state index in [4.69, 9.17) is 5.73 Å². The Kier molecular flexibility index (Phi) is 2.26. The number of nitrogens with two attached hydrogens (primary N) is 1. The van der Waals surface area contributed by atoms with Crippen LogP contribution in [-0.2, 0) is 6.54 Å². The molecule has 2 aromatic heterocycles. The molecule has 3 rings (SSSR count). The first-order valence-corrected chi connectivity index (χ1v) is 5.44. The summed E-state index contributed by atoms with van der Waals surface area (Å²) in [5.41, 5.74) is 8.44. The molecule has 1 aromatic carbocycles. The number of anilines is 1. The van der Waals surface area contributed by atoms with Crippen molar-refractivity contribution in [2.75, 3.05) is 5.73 Å². The molecular weight excluding hydrogens is 212 g/mol. The van der Waals surface area contributed by atoms with Crippen molar-refractivity contribution in [3.05, 3.63) is 54.5 Å². The highest BCUT2D eigenvalue weighted by molar-refractivity contribution is 5.81. The Balaban J connectivity index is 1.96. The fourth-order valence-corrected chi connectivity index (χ4v) is 1.83. The van der Waals surface area contributed by atoms with E-state index in [1.165, 1.54) is 0 Å². The molecule has 0 aliphatic carbocycles. The Morgan fingerprint density at radius 2 is 2.12 bits per heavy atom. The highest BCUT2D eigenvalue weighted by atomic mass is 15.3. The Morgan fingerprint density at radius 1 is 1.18 bits per heavy atom. The van der Waals surface area contributed by atoms with Crippen molar-refractivity contribution in [1.82, 2.24) is 14.8 Å². The fraction of sp³-hybridized carbons (Fsp3) is 0.0769. The van der Waals surface area contributed by atoms with Crippen molar-refractivity contribution in [2.24, 2.45) is 0 Å². The van der Waals surface area contributed by atoms with Gasteiger partial charge in [0.2, 0.25) is 0 Å². The first kappa shape index (κ1) is 9.84. The smallest absolute Gasteiger partial charge is 0.0924 e. The van der Waals surface area contributed by atoms with Crippen molar-refractivity contribution in [3.8, 4) is 0 Å². The van der Waals surface area contributed by atoms with E-state index in [-0.39, 0.29) is 0 Å². The number of nitrogens with zero attached hydrogens (tertiary/aromatic N) is 3. The van der Waals surface area contributed by atoms with E-state index in [2.05, 4.69) is 10.1 Å². The van der Waals surface area contributed by atoms with Crippen LogP contribution in [0.4, 0.5) is 5.69 Å². The van der Waals surface area contributed by atoms with Crippen LogP contribution in [0.15, 0.2) is 48.8 Å².